The number of hydrogen-bond acceptors (Lipinski definition) is 4. The van der Waals surface area contributed by atoms with Crippen LogP contribution in [0.2, 0.25) is 0 Å². The topological polar surface area (TPSA) is 59.1 Å². The van der Waals surface area contributed by atoms with Gasteiger partial charge in [-0.2, -0.15) is 0 Å². The highest BCUT2D eigenvalue weighted by Gasteiger charge is 2.10. The Kier molecular flexibility index (Phi) is 5.24. The second-order valence-electron chi connectivity index (χ2n) is 5.94. The van der Waals surface area contributed by atoms with Crippen molar-refractivity contribution >= 4 is 38.9 Å². The van der Waals surface area contributed by atoms with Crippen molar-refractivity contribution in [3.63, 3.8) is 0 Å². The number of carbonyl (C=O) groups excluding carboxylic acids is 2. The third-order valence-electron chi connectivity index (χ3n) is 4.04. The van der Waals surface area contributed by atoms with Gasteiger partial charge in [0.05, 0.1) is 15.2 Å². The second-order valence-corrected chi connectivity index (χ2v) is 7.17. The number of nitrogens with one attached hydrogen (secondary N) is 1. The van der Waals surface area contributed by atoms with Gasteiger partial charge < -0.3 is 5.32 Å². The van der Waals surface area contributed by atoms with Crippen LogP contribution >= 0.6 is 11.3 Å². The van der Waals surface area contributed by atoms with E-state index < -0.39 is 0 Å². The fraction of sp³-hybridized carbons (Fsp3) is 0.250. The molecule has 0 aliphatic rings. The van der Waals surface area contributed by atoms with Crippen LogP contribution in [0.5, 0.6) is 0 Å². The second kappa shape index (κ2) is 7.57. The Bertz CT molecular complexity index is 913. The average Bonchev–Trinajstić information content (AvgIpc) is 2.99. The number of rotatable bonds is 6. The number of carbonyl (C=O) groups is 2. The zero-order valence-corrected chi connectivity index (χ0v) is 15.2. The molecule has 0 fully saturated rings. The minimum atomic E-state index is -0.154. The maximum absolute atomic E-state index is 12.2. The van der Waals surface area contributed by atoms with E-state index in [0.29, 0.717) is 5.56 Å². The molecule has 0 bridgehead atoms. The number of Topliss-reactive ketones (excluding diaryl/α,β-unsaturated/α-hetero) is 1. The smallest absolute Gasteiger partial charge is 0.224 e. The molecule has 0 radical (unpaired) electrons. The number of ketones is 1. The molecule has 0 unspecified atom stereocenters. The first-order valence-electron chi connectivity index (χ1n) is 8.34. The van der Waals surface area contributed by atoms with E-state index in [1.807, 2.05) is 49.4 Å². The number of thiazole rings is 1. The van der Waals surface area contributed by atoms with Crippen LogP contribution in [0.4, 0.5) is 5.69 Å². The lowest BCUT2D eigenvalue weighted by Crippen LogP contribution is -2.13. The zero-order chi connectivity index (χ0) is 17.8. The Morgan fingerprint density at radius 1 is 1.08 bits per heavy atom. The lowest BCUT2D eigenvalue weighted by molar-refractivity contribution is -0.116. The van der Waals surface area contributed by atoms with Crippen molar-refractivity contribution in [3.05, 3.63) is 58.6 Å². The lowest BCUT2D eigenvalue weighted by atomic mass is 10.0. The first-order chi connectivity index (χ1) is 12.0. The first-order valence-corrected chi connectivity index (χ1v) is 9.16. The Hall–Kier alpha value is -2.53. The molecule has 0 aliphatic carbocycles. The van der Waals surface area contributed by atoms with E-state index in [2.05, 4.69) is 17.2 Å². The minimum Gasteiger partial charge on any atom is -0.326 e. The maximum Gasteiger partial charge on any atom is 0.224 e. The molecule has 0 atom stereocenters. The van der Waals surface area contributed by atoms with Gasteiger partial charge in [-0.15, -0.1) is 11.3 Å². The molecular formula is C20H20N2O2S. The monoisotopic (exact) mass is 352 g/mol. The number of aromatic nitrogens is 1. The van der Waals surface area contributed by atoms with E-state index in [9.17, 15) is 9.59 Å². The number of aryl methyl sites for hydroxylation is 2. The quantitative estimate of drug-likeness (QED) is 0.650. The van der Waals surface area contributed by atoms with E-state index in [4.69, 9.17) is 0 Å². The summed E-state index contributed by atoms with van der Waals surface area (Å²) in [6.45, 7) is 4.04. The van der Waals surface area contributed by atoms with Gasteiger partial charge in [0.2, 0.25) is 5.91 Å². The molecule has 0 saturated carbocycles. The molecule has 1 N–H and O–H groups in total. The molecule has 5 heteroatoms. The summed E-state index contributed by atoms with van der Waals surface area (Å²) in [4.78, 5) is 28.7. The molecule has 0 saturated heterocycles. The number of fused-ring (bicyclic) bond motifs is 1. The minimum absolute atomic E-state index is 0.00802. The van der Waals surface area contributed by atoms with Crippen LogP contribution < -0.4 is 5.32 Å². The average molecular weight is 352 g/mol. The Morgan fingerprint density at radius 3 is 2.56 bits per heavy atom. The molecular weight excluding hydrogens is 332 g/mol. The van der Waals surface area contributed by atoms with Gasteiger partial charge in [0, 0.05) is 24.1 Å². The lowest BCUT2D eigenvalue weighted by Gasteiger charge is -2.05. The number of amides is 1. The predicted octanol–water partition coefficient (Wildman–Crippen LogP) is 4.77. The van der Waals surface area contributed by atoms with Crippen molar-refractivity contribution in [2.45, 2.75) is 33.1 Å². The van der Waals surface area contributed by atoms with Crippen molar-refractivity contribution in [1.29, 1.82) is 0 Å². The Labute approximate surface area is 150 Å². The van der Waals surface area contributed by atoms with E-state index in [1.165, 1.54) is 5.56 Å². The van der Waals surface area contributed by atoms with E-state index in [0.717, 1.165) is 27.3 Å². The standard InChI is InChI=1S/C20H20N2O2S/c1-3-14-4-6-15(7-5-14)18(23)10-11-20(24)22-16-8-9-17-19(12-16)25-13(2)21-17/h4-9,12H,3,10-11H2,1-2H3,(H,22,24). The van der Waals surface area contributed by atoms with Gasteiger partial charge in [-0.3, -0.25) is 9.59 Å². The van der Waals surface area contributed by atoms with E-state index in [-0.39, 0.29) is 24.5 Å². The predicted molar refractivity (Wildman–Crippen MR) is 102 cm³/mol. The highest BCUT2D eigenvalue weighted by molar-refractivity contribution is 7.18. The third kappa shape index (κ3) is 4.31. The third-order valence-corrected chi connectivity index (χ3v) is 4.98. The normalized spacial score (nSPS) is 10.8. The van der Waals surface area contributed by atoms with Gasteiger partial charge in [0.25, 0.3) is 0 Å². The summed E-state index contributed by atoms with van der Waals surface area (Å²) < 4.78 is 1.04. The van der Waals surface area contributed by atoms with Gasteiger partial charge in [-0.25, -0.2) is 4.98 Å². The first kappa shape index (κ1) is 17.3. The fourth-order valence-corrected chi connectivity index (χ4v) is 3.51. The van der Waals surface area contributed by atoms with E-state index in [1.54, 1.807) is 11.3 Å². The van der Waals surface area contributed by atoms with Crippen LogP contribution in [-0.2, 0) is 11.2 Å². The zero-order valence-electron chi connectivity index (χ0n) is 14.3. The van der Waals surface area contributed by atoms with E-state index >= 15 is 0 Å². The van der Waals surface area contributed by atoms with Crippen LogP contribution in [0, 0.1) is 6.92 Å². The molecule has 0 spiro atoms. The molecule has 25 heavy (non-hydrogen) atoms. The molecule has 1 aromatic heterocycles. The van der Waals surface area contributed by atoms with Gasteiger partial charge in [-0.1, -0.05) is 31.2 Å². The molecule has 0 aliphatic heterocycles. The highest BCUT2D eigenvalue weighted by Crippen LogP contribution is 2.24. The Balaban J connectivity index is 1.56. The van der Waals surface area contributed by atoms with Crippen molar-refractivity contribution in [1.82, 2.24) is 4.98 Å². The summed E-state index contributed by atoms with van der Waals surface area (Å²) in [5.41, 5.74) is 3.53. The number of nitrogens with zero attached hydrogens (tertiary/aromatic N) is 1. The molecule has 4 nitrogen and oxygen atoms in total. The molecule has 2 aromatic carbocycles. The summed E-state index contributed by atoms with van der Waals surface area (Å²) in [6, 6.07) is 13.2. The summed E-state index contributed by atoms with van der Waals surface area (Å²) >= 11 is 1.60. The number of benzene rings is 2. The van der Waals surface area contributed by atoms with Gasteiger partial charge in [-0.05, 0) is 37.1 Å². The molecule has 1 amide bonds. The molecule has 3 rings (SSSR count). The molecule has 1 heterocycles. The fourth-order valence-electron chi connectivity index (χ4n) is 2.64. The summed E-state index contributed by atoms with van der Waals surface area (Å²) in [6.07, 6.45) is 1.33. The van der Waals surface area contributed by atoms with Crippen LogP contribution in [0.25, 0.3) is 10.2 Å². The van der Waals surface area contributed by atoms with Gasteiger partial charge >= 0.3 is 0 Å². The van der Waals surface area contributed by atoms with Crippen LogP contribution in [-0.4, -0.2) is 16.7 Å². The summed E-state index contributed by atoms with van der Waals surface area (Å²) in [7, 11) is 0. The SMILES string of the molecule is CCc1ccc(C(=O)CCC(=O)Nc2ccc3nc(C)sc3c2)cc1. The van der Waals surface area contributed by atoms with Crippen LogP contribution in [0.3, 0.4) is 0 Å². The highest BCUT2D eigenvalue weighted by atomic mass is 32.1. The van der Waals surface area contributed by atoms with Crippen molar-refractivity contribution in [2.75, 3.05) is 5.32 Å². The van der Waals surface area contributed by atoms with Crippen molar-refractivity contribution < 1.29 is 9.59 Å². The Morgan fingerprint density at radius 2 is 1.84 bits per heavy atom. The van der Waals surface area contributed by atoms with Crippen molar-refractivity contribution in [2.24, 2.45) is 0 Å². The molecule has 128 valence electrons. The maximum atomic E-state index is 12.2. The van der Waals surface area contributed by atoms with Crippen LogP contribution in [0.1, 0.15) is 40.7 Å². The summed E-state index contributed by atoms with van der Waals surface area (Å²) in [5, 5.41) is 3.85. The van der Waals surface area contributed by atoms with Crippen molar-refractivity contribution in [3.8, 4) is 0 Å². The number of hydrogen-bond donors (Lipinski definition) is 1. The molecule has 3 aromatic rings. The number of anilines is 1. The van der Waals surface area contributed by atoms with Gasteiger partial charge in [0.15, 0.2) is 5.78 Å². The summed E-state index contributed by atoms with van der Waals surface area (Å²) in [5.74, 6) is -0.162. The largest absolute Gasteiger partial charge is 0.326 e. The van der Waals surface area contributed by atoms with Gasteiger partial charge in [0.1, 0.15) is 0 Å². The van der Waals surface area contributed by atoms with Crippen LogP contribution in [0.15, 0.2) is 42.5 Å².